The van der Waals surface area contributed by atoms with Crippen LogP contribution in [0.1, 0.15) is 79.0 Å². The second-order valence-corrected chi connectivity index (χ2v) is 21.7. The molecule has 0 atom stereocenters. The maximum atomic E-state index is 12.2. The van der Waals surface area contributed by atoms with Gasteiger partial charge in [0.2, 0.25) is 0 Å². The zero-order valence-electron chi connectivity index (χ0n) is 35.5. The lowest BCUT2D eigenvalue weighted by Crippen LogP contribution is -2.63. The van der Waals surface area contributed by atoms with Gasteiger partial charge in [-0.3, -0.25) is 0 Å². The number of benzene rings is 3. The average Bonchev–Trinajstić information content (AvgIpc) is 3.09. The smallest absolute Gasteiger partial charge is 0.460 e. The van der Waals surface area contributed by atoms with Crippen LogP contribution in [0.3, 0.4) is 0 Å². The van der Waals surface area contributed by atoms with E-state index in [0.717, 1.165) is 0 Å². The summed E-state index contributed by atoms with van der Waals surface area (Å²) < 4.78 is 271. The highest BCUT2D eigenvalue weighted by Crippen LogP contribution is 2.55. The van der Waals surface area contributed by atoms with E-state index in [1.54, 1.807) is 0 Å². The normalized spacial score (nSPS) is 14.4. The first-order valence-corrected chi connectivity index (χ1v) is 21.7. The summed E-state index contributed by atoms with van der Waals surface area (Å²) in [7, 11) is -15.0. The van der Waals surface area contributed by atoms with Gasteiger partial charge in [-0.2, -0.15) is 79.0 Å². The molecule has 0 amide bonds. The van der Waals surface area contributed by atoms with Crippen LogP contribution in [0, 0.1) is 0 Å². The quantitative estimate of drug-likeness (QED) is 0.120. The molecule has 6 nitrogen and oxygen atoms in total. The topological polar surface area (TPSA) is 114 Å². The predicted octanol–water partition coefficient (Wildman–Crippen LogP) is 11.8. The number of hydrogen-bond donors (Lipinski definition) is 0. The van der Waals surface area contributed by atoms with Gasteiger partial charge in [0, 0.05) is 0 Å². The van der Waals surface area contributed by atoms with Crippen molar-refractivity contribution in [1.29, 1.82) is 0 Å². The fourth-order valence-corrected chi connectivity index (χ4v) is 7.64. The van der Waals surface area contributed by atoms with E-state index in [4.69, 9.17) is 0 Å². The van der Waals surface area contributed by atoms with Crippen molar-refractivity contribution in [2.75, 3.05) is 0 Å². The Bertz CT molecular complexity index is 2080. The minimum atomic E-state index is -7.43. The summed E-state index contributed by atoms with van der Waals surface area (Å²) in [6.45, 7) is 20.5. The van der Waals surface area contributed by atoms with Crippen molar-refractivity contribution >= 4 is 44.6 Å². The monoisotopic (exact) mass is 1060 g/mol. The van der Waals surface area contributed by atoms with Crippen LogP contribution in [0.4, 0.5) is 79.0 Å². The van der Waals surface area contributed by atoms with Crippen LogP contribution in [0.25, 0.3) is 0 Å². The second-order valence-electron chi connectivity index (χ2n) is 16.9. The largest absolute Gasteiger partial charge is 0.743 e. The van der Waals surface area contributed by atoms with Crippen molar-refractivity contribution in [3.05, 3.63) is 89.5 Å². The molecule has 0 aliphatic rings. The van der Waals surface area contributed by atoms with Crippen molar-refractivity contribution in [2.45, 2.75) is 140 Å². The van der Waals surface area contributed by atoms with Crippen molar-refractivity contribution < 1.29 is 105 Å². The van der Waals surface area contributed by atoms with Gasteiger partial charge in [0.25, 0.3) is 0 Å². The highest BCUT2D eigenvalue weighted by Gasteiger charge is 2.85. The third-order valence-electron chi connectivity index (χ3n) is 8.73. The molecule has 0 heterocycles. The molecule has 0 saturated heterocycles. The summed E-state index contributed by atoms with van der Waals surface area (Å²) in [5, 5.41) is -14.2. The fraction of sp³-hybridized carbons (Fsp3) is 0.526. The molecule has 3 aromatic carbocycles. The molecule has 3 aromatic rings. The third kappa shape index (κ3) is 13.2. The summed E-state index contributed by atoms with van der Waals surface area (Å²) in [6, 6.07) is 27.8. The summed E-state index contributed by atoms with van der Waals surface area (Å²) in [5.74, 6) is -29.6. The SMILES string of the molecule is CC(C)(C)c1ccc([S+](c2ccc(C(C)(C)C)cc2)c2ccc(C(C)(C)C)cc2)cc1.O=S(=O)([O-])C(F)(F)C(F)(F)C(F)(F)C(F)(F)F.O=S(=O)([O-])C(F)(F)C(F)(F)C(F)(F)C(F)(F)F.[SH3+]. The van der Waals surface area contributed by atoms with Crippen molar-refractivity contribution in [3.63, 3.8) is 0 Å². The summed E-state index contributed by atoms with van der Waals surface area (Å²) in [6.07, 6.45) is -14.3. The van der Waals surface area contributed by atoms with Gasteiger partial charge in [0.1, 0.15) is 0 Å². The zero-order chi connectivity index (χ0) is 52.0. The molecule has 0 spiro atoms. The maximum Gasteiger partial charge on any atom is 0.460 e. The molecule has 0 unspecified atom stereocenters. The molecule has 0 aromatic heterocycles. The molecule has 0 fully saturated rings. The van der Waals surface area contributed by atoms with E-state index in [0.29, 0.717) is 0 Å². The molecule has 380 valence electrons. The summed E-state index contributed by atoms with van der Waals surface area (Å²) in [5.41, 5.74) is 4.64. The number of rotatable bonds is 9. The van der Waals surface area contributed by atoms with Crippen LogP contribution in [-0.4, -0.2) is 72.5 Å². The second kappa shape index (κ2) is 19.7. The fourth-order valence-electron chi connectivity index (χ4n) is 4.72. The van der Waals surface area contributed by atoms with Gasteiger partial charge in [-0.25, -0.2) is 16.8 Å². The summed E-state index contributed by atoms with van der Waals surface area (Å²) in [4.78, 5) is 4.13. The minimum Gasteiger partial charge on any atom is -0.743 e. The van der Waals surface area contributed by atoms with Crippen molar-refractivity contribution in [3.8, 4) is 0 Å². The average molecular weight is 1060 g/mol. The molecule has 0 aliphatic heterocycles. The number of alkyl halides is 18. The van der Waals surface area contributed by atoms with Crippen LogP contribution in [0.15, 0.2) is 87.5 Å². The third-order valence-corrected chi connectivity index (χ3v) is 12.7. The maximum absolute atomic E-state index is 12.2. The minimum absolute atomic E-state index is 0. The highest BCUT2D eigenvalue weighted by molar-refractivity contribution is 7.97. The van der Waals surface area contributed by atoms with Gasteiger partial charge in [-0.05, 0) is 69.3 Å². The van der Waals surface area contributed by atoms with Gasteiger partial charge in [-0.1, -0.05) is 112 Å². The van der Waals surface area contributed by atoms with E-state index in [2.05, 4.69) is 135 Å². The molecular weight excluding hydrogens is 1020 g/mol. The van der Waals surface area contributed by atoms with Gasteiger partial charge < -0.3 is 9.11 Å². The van der Waals surface area contributed by atoms with E-state index >= 15 is 0 Å². The molecule has 0 saturated carbocycles. The van der Waals surface area contributed by atoms with Crippen molar-refractivity contribution in [2.24, 2.45) is 0 Å². The standard InChI is InChI=1S/C30H39S.2C4HF9O3S.H2S/c1-28(2,3)22-10-16-25(17-11-22)31(26-18-12-23(13-19-26)29(4,5)6)27-20-14-24(15-21-27)30(7,8)9;2*5-1(6,3(9,10)11)2(7,8)4(12,13)17(14,15)16;/h10-21H,1-9H3;2*(H,14,15,16);1H2/q+1;;;/p-1. The molecule has 3 rings (SSSR count). The predicted molar refractivity (Wildman–Crippen MR) is 210 cm³/mol. The van der Waals surface area contributed by atoms with Crippen LogP contribution >= 0.6 is 0 Å². The Morgan fingerprint density at radius 1 is 0.348 bits per heavy atom. The lowest BCUT2D eigenvalue weighted by molar-refractivity contribution is -0.382. The lowest BCUT2D eigenvalue weighted by Gasteiger charge is -2.34. The molecule has 0 N–H and O–H groups in total. The lowest BCUT2D eigenvalue weighted by atomic mass is 9.87. The molecule has 0 radical (unpaired) electrons. The Morgan fingerprint density at radius 2 is 0.515 bits per heavy atom. The number of halogens is 18. The Labute approximate surface area is 377 Å². The van der Waals surface area contributed by atoms with Crippen LogP contribution in [0.5, 0.6) is 0 Å². The van der Waals surface area contributed by atoms with Gasteiger partial charge in [0.15, 0.2) is 34.9 Å². The van der Waals surface area contributed by atoms with Crippen LogP contribution < -0.4 is 0 Å². The van der Waals surface area contributed by atoms with Gasteiger partial charge in [-0.15, -0.1) is 0 Å². The molecular formula is C38H42F18O6S4. The van der Waals surface area contributed by atoms with E-state index in [9.17, 15) is 105 Å². The van der Waals surface area contributed by atoms with E-state index in [-0.39, 0.29) is 40.6 Å². The van der Waals surface area contributed by atoms with E-state index in [1.807, 2.05) is 0 Å². The Balaban J connectivity index is 0.00000104. The Hall–Kier alpha value is -3.08. The Kier molecular flexibility index (Phi) is 18.8. The summed E-state index contributed by atoms with van der Waals surface area (Å²) >= 11 is 0. The number of hydrogen-bond acceptors (Lipinski definition) is 6. The first-order valence-electron chi connectivity index (χ1n) is 17.6. The zero-order valence-corrected chi connectivity index (χ0v) is 39.1. The Morgan fingerprint density at radius 3 is 0.636 bits per heavy atom. The van der Waals surface area contributed by atoms with Crippen LogP contribution in [-0.2, 0) is 60.9 Å². The van der Waals surface area contributed by atoms with Crippen LogP contribution in [0.2, 0.25) is 0 Å². The van der Waals surface area contributed by atoms with Gasteiger partial charge >= 0.3 is 46.6 Å². The van der Waals surface area contributed by atoms with Gasteiger partial charge in [0.05, 0.1) is 10.9 Å². The molecule has 0 bridgehead atoms. The van der Waals surface area contributed by atoms with E-state index < -0.39 is 66.8 Å². The molecule has 28 heteroatoms. The van der Waals surface area contributed by atoms with Crippen molar-refractivity contribution in [1.82, 2.24) is 0 Å². The molecule has 66 heavy (non-hydrogen) atoms. The first kappa shape index (κ1) is 62.9. The highest BCUT2D eigenvalue weighted by atomic mass is 32.2. The molecule has 0 aliphatic carbocycles. The first-order chi connectivity index (χ1) is 28.3. The van der Waals surface area contributed by atoms with E-state index in [1.165, 1.54) is 31.4 Å².